The van der Waals surface area contributed by atoms with Crippen molar-refractivity contribution in [3.63, 3.8) is 0 Å². The van der Waals surface area contributed by atoms with Gasteiger partial charge in [-0.15, -0.1) is 21.5 Å². The van der Waals surface area contributed by atoms with Crippen molar-refractivity contribution < 1.29 is 4.79 Å². The number of nitrogens with zero attached hydrogens (tertiary/aromatic N) is 2. The summed E-state index contributed by atoms with van der Waals surface area (Å²) in [5.41, 5.74) is 1.57. The summed E-state index contributed by atoms with van der Waals surface area (Å²) in [6, 6.07) is 3.88. The van der Waals surface area contributed by atoms with Crippen LogP contribution >= 0.6 is 22.7 Å². The molecule has 0 bridgehead atoms. The SMILES string of the molecule is O=C(C=Cc1cccs1)Nc1nncs1. The van der Waals surface area contributed by atoms with Crippen LogP contribution < -0.4 is 5.32 Å². The van der Waals surface area contributed by atoms with Gasteiger partial charge in [-0.2, -0.15) is 0 Å². The Morgan fingerprint density at radius 3 is 3.07 bits per heavy atom. The predicted octanol–water partition coefficient (Wildman–Crippen LogP) is 2.25. The molecule has 0 aliphatic carbocycles. The summed E-state index contributed by atoms with van der Waals surface area (Å²) in [5.74, 6) is -0.194. The first kappa shape index (κ1) is 10.0. The number of hydrogen-bond donors (Lipinski definition) is 1. The normalized spacial score (nSPS) is 10.7. The van der Waals surface area contributed by atoms with E-state index in [0.717, 1.165) is 4.88 Å². The highest BCUT2D eigenvalue weighted by atomic mass is 32.1. The summed E-state index contributed by atoms with van der Waals surface area (Å²) in [7, 11) is 0. The number of carbonyl (C=O) groups is 1. The largest absolute Gasteiger partial charge is 0.297 e. The van der Waals surface area contributed by atoms with Crippen LogP contribution in [0.4, 0.5) is 5.13 Å². The third kappa shape index (κ3) is 2.97. The number of anilines is 1. The zero-order valence-corrected chi connectivity index (χ0v) is 9.22. The van der Waals surface area contributed by atoms with Crippen molar-refractivity contribution in [3.8, 4) is 0 Å². The molecule has 0 aliphatic heterocycles. The minimum Gasteiger partial charge on any atom is -0.297 e. The molecule has 15 heavy (non-hydrogen) atoms. The molecule has 2 aromatic heterocycles. The number of hydrogen-bond acceptors (Lipinski definition) is 5. The first-order valence-electron chi connectivity index (χ1n) is 4.13. The van der Waals surface area contributed by atoms with E-state index in [1.54, 1.807) is 22.9 Å². The third-order valence-electron chi connectivity index (χ3n) is 1.53. The molecule has 4 nitrogen and oxygen atoms in total. The number of amides is 1. The zero-order valence-electron chi connectivity index (χ0n) is 7.58. The average Bonchev–Trinajstić information content (AvgIpc) is 2.86. The Labute approximate surface area is 94.3 Å². The quantitative estimate of drug-likeness (QED) is 0.833. The molecule has 0 radical (unpaired) electrons. The minimum absolute atomic E-state index is 0.194. The number of thiophene rings is 1. The fourth-order valence-corrected chi connectivity index (χ4v) is 1.98. The molecule has 0 aromatic carbocycles. The zero-order chi connectivity index (χ0) is 10.5. The van der Waals surface area contributed by atoms with Gasteiger partial charge in [-0.1, -0.05) is 17.4 Å². The van der Waals surface area contributed by atoms with Crippen molar-refractivity contribution in [3.05, 3.63) is 34.0 Å². The highest BCUT2D eigenvalue weighted by molar-refractivity contribution is 7.13. The average molecular weight is 237 g/mol. The van der Waals surface area contributed by atoms with Crippen molar-refractivity contribution in [1.82, 2.24) is 10.2 Å². The molecule has 0 saturated carbocycles. The van der Waals surface area contributed by atoms with Gasteiger partial charge in [0.25, 0.3) is 0 Å². The van der Waals surface area contributed by atoms with Gasteiger partial charge in [-0.05, 0) is 17.5 Å². The van der Waals surface area contributed by atoms with Gasteiger partial charge in [0.2, 0.25) is 11.0 Å². The standard InChI is InChI=1S/C9H7N3OS2/c13-8(11-9-12-10-6-15-9)4-3-7-2-1-5-14-7/h1-6H,(H,11,12,13). The van der Waals surface area contributed by atoms with Gasteiger partial charge in [0.15, 0.2) is 0 Å². The lowest BCUT2D eigenvalue weighted by Gasteiger charge is -1.92. The molecule has 0 atom stereocenters. The van der Waals surface area contributed by atoms with Gasteiger partial charge in [0.05, 0.1) is 0 Å². The van der Waals surface area contributed by atoms with Crippen LogP contribution in [0.3, 0.4) is 0 Å². The Balaban J connectivity index is 1.93. The van der Waals surface area contributed by atoms with Crippen LogP contribution in [0, 0.1) is 0 Å². The number of rotatable bonds is 3. The fourth-order valence-electron chi connectivity index (χ4n) is 0.919. The summed E-state index contributed by atoms with van der Waals surface area (Å²) >= 11 is 2.87. The van der Waals surface area contributed by atoms with Crippen LogP contribution in [-0.2, 0) is 4.79 Å². The lowest BCUT2D eigenvalue weighted by Crippen LogP contribution is -2.07. The van der Waals surface area contributed by atoms with Crippen molar-refractivity contribution in [2.24, 2.45) is 0 Å². The Hall–Kier alpha value is -1.53. The van der Waals surface area contributed by atoms with Gasteiger partial charge < -0.3 is 0 Å². The Bertz CT molecular complexity index is 448. The molecule has 0 saturated heterocycles. The monoisotopic (exact) mass is 237 g/mol. The summed E-state index contributed by atoms with van der Waals surface area (Å²) in [5, 5.41) is 12.4. The van der Waals surface area contributed by atoms with Crippen LogP contribution in [0.25, 0.3) is 6.08 Å². The predicted molar refractivity (Wildman–Crippen MR) is 61.9 cm³/mol. The first-order chi connectivity index (χ1) is 7.34. The fraction of sp³-hybridized carbons (Fsp3) is 0. The summed E-state index contributed by atoms with van der Waals surface area (Å²) in [6.45, 7) is 0. The van der Waals surface area contributed by atoms with Crippen LogP contribution in [0.1, 0.15) is 4.88 Å². The second-order valence-corrected chi connectivity index (χ2v) is 4.39. The van der Waals surface area contributed by atoms with E-state index in [2.05, 4.69) is 15.5 Å². The molecule has 1 amide bonds. The Morgan fingerprint density at radius 2 is 2.40 bits per heavy atom. The van der Waals surface area contributed by atoms with E-state index in [9.17, 15) is 4.79 Å². The number of aromatic nitrogens is 2. The molecule has 2 aromatic rings. The second kappa shape index (κ2) is 4.81. The van der Waals surface area contributed by atoms with Crippen LogP contribution in [0.15, 0.2) is 29.1 Å². The van der Waals surface area contributed by atoms with Crippen LogP contribution in [-0.4, -0.2) is 16.1 Å². The van der Waals surface area contributed by atoms with Gasteiger partial charge >= 0.3 is 0 Å². The molecule has 0 aliphatic rings. The van der Waals surface area contributed by atoms with Crippen molar-refractivity contribution >= 4 is 39.8 Å². The van der Waals surface area contributed by atoms with Gasteiger partial charge in [0.1, 0.15) is 5.51 Å². The summed E-state index contributed by atoms with van der Waals surface area (Å²) in [6.07, 6.45) is 3.24. The lowest BCUT2D eigenvalue weighted by atomic mass is 10.4. The van der Waals surface area contributed by atoms with Gasteiger partial charge in [-0.25, -0.2) is 0 Å². The molecule has 1 N–H and O–H groups in total. The van der Waals surface area contributed by atoms with E-state index in [1.165, 1.54) is 17.4 Å². The maximum atomic E-state index is 11.4. The number of carbonyl (C=O) groups excluding carboxylic acids is 1. The molecule has 2 rings (SSSR count). The van der Waals surface area contributed by atoms with E-state index in [4.69, 9.17) is 0 Å². The number of nitrogens with one attached hydrogen (secondary N) is 1. The molecular formula is C9H7N3OS2. The van der Waals surface area contributed by atoms with E-state index in [1.807, 2.05) is 17.5 Å². The van der Waals surface area contributed by atoms with Crippen molar-refractivity contribution in [2.45, 2.75) is 0 Å². The third-order valence-corrected chi connectivity index (χ3v) is 2.98. The highest BCUT2D eigenvalue weighted by Gasteiger charge is 1.99. The Kier molecular flexibility index (Phi) is 3.21. The lowest BCUT2D eigenvalue weighted by molar-refractivity contribution is -0.111. The molecule has 2 heterocycles. The minimum atomic E-state index is -0.194. The maximum absolute atomic E-state index is 11.4. The van der Waals surface area contributed by atoms with Crippen LogP contribution in [0.2, 0.25) is 0 Å². The van der Waals surface area contributed by atoms with Crippen molar-refractivity contribution in [2.75, 3.05) is 5.32 Å². The van der Waals surface area contributed by atoms with Crippen molar-refractivity contribution in [1.29, 1.82) is 0 Å². The van der Waals surface area contributed by atoms with E-state index < -0.39 is 0 Å². The van der Waals surface area contributed by atoms with E-state index in [-0.39, 0.29) is 5.91 Å². The van der Waals surface area contributed by atoms with Crippen LogP contribution in [0.5, 0.6) is 0 Å². The topological polar surface area (TPSA) is 54.9 Å². The summed E-state index contributed by atoms with van der Waals surface area (Å²) < 4.78 is 0. The Morgan fingerprint density at radius 1 is 1.47 bits per heavy atom. The first-order valence-corrected chi connectivity index (χ1v) is 5.89. The van der Waals surface area contributed by atoms with E-state index in [0.29, 0.717) is 5.13 Å². The molecule has 0 fully saturated rings. The molecule has 6 heteroatoms. The molecule has 76 valence electrons. The smallest absolute Gasteiger partial charge is 0.250 e. The van der Waals surface area contributed by atoms with Gasteiger partial charge in [-0.3, -0.25) is 10.1 Å². The van der Waals surface area contributed by atoms with Gasteiger partial charge in [0, 0.05) is 11.0 Å². The van der Waals surface area contributed by atoms with E-state index >= 15 is 0 Å². The summed E-state index contributed by atoms with van der Waals surface area (Å²) in [4.78, 5) is 12.4. The molecular weight excluding hydrogens is 230 g/mol. The maximum Gasteiger partial charge on any atom is 0.250 e. The molecule has 0 unspecified atom stereocenters. The highest BCUT2D eigenvalue weighted by Crippen LogP contribution is 2.11. The molecule has 0 spiro atoms. The second-order valence-electron chi connectivity index (χ2n) is 2.58.